The molecule has 2 aromatic carbocycles. The molecule has 3 saturated carbocycles. The Morgan fingerprint density at radius 1 is 0.737 bits per heavy atom. The number of nitrogens with two attached hydrogens (primary N) is 1. The summed E-state index contributed by atoms with van der Waals surface area (Å²) >= 11 is 0. The molecule has 0 spiro atoms. The molecule has 0 heterocycles. The second kappa shape index (κ2) is 17.8. The van der Waals surface area contributed by atoms with E-state index in [1.807, 2.05) is 48.5 Å². The number of para-hydroxylation sites is 1. The van der Waals surface area contributed by atoms with Gasteiger partial charge in [0.1, 0.15) is 0 Å². The SMILES string of the molecule is C1CCC(P(C2CCCCC2)C2CCCCC2)CC1.CS(=O)(=O)O.Nc1ccccc1-c1[c-]cccc1.[Pd]. The molecule has 0 bridgehead atoms. The standard InChI is InChI=1S/C18H33P.C12H10N.CH4O3S.Pd/c1-4-10-16(11-5-1)19(17-12-6-2-7-13-17)18-14-8-3-9-15-18;13-12-9-5-4-8-11(12)10-6-2-1-3-7-10;1-5(2,3)4;/h16-18H,1-15H2;1-6,8-9H,13H2;1H3,(H,2,3,4);/q;-1;;. The first-order chi connectivity index (χ1) is 17.8. The quantitative estimate of drug-likeness (QED) is 0.114. The number of rotatable bonds is 4. The fraction of sp³-hybridized carbons (Fsp3) is 0.613. The van der Waals surface area contributed by atoms with E-state index in [0.717, 1.165) is 16.8 Å². The monoisotopic (exact) mass is 650 g/mol. The summed E-state index contributed by atoms with van der Waals surface area (Å²) < 4.78 is 25.9. The van der Waals surface area contributed by atoms with E-state index in [-0.39, 0.29) is 20.4 Å². The van der Waals surface area contributed by atoms with Gasteiger partial charge in [-0.3, -0.25) is 4.55 Å². The van der Waals surface area contributed by atoms with Gasteiger partial charge in [0, 0.05) is 20.4 Å². The first kappa shape index (κ1) is 33.4. The van der Waals surface area contributed by atoms with Crippen LogP contribution in [0, 0.1) is 6.07 Å². The molecule has 2 aromatic rings. The second-order valence-electron chi connectivity index (χ2n) is 10.9. The van der Waals surface area contributed by atoms with Crippen LogP contribution in [0.15, 0.2) is 48.5 Å². The molecule has 5 rings (SSSR count). The van der Waals surface area contributed by atoms with E-state index in [2.05, 4.69) is 6.07 Å². The molecule has 0 saturated heterocycles. The largest absolute Gasteiger partial charge is 0.406 e. The predicted molar refractivity (Wildman–Crippen MR) is 160 cm³/mol. The average molecular weight is 651 g/mol. The first-order valence-corrected chi connectivity index (χ1v) is 17.7. The normalized spacial score (nSPS) is 19.3. The summed E-state index contributed by atoms with van der Waals surface area (Å²) in [5.41, 5.74) is 12.3. The second-order valence-corrected chi connectivity index (χ2v) is 15.5. The third-order valence-electron chi connectivity index (χ3n) is 7.95. The molecule has 0 aromatic heterocycles. The van der Waals surface area contributed by atoms with Gasteiger partial charge in [-0.15, -0.1) is 35.9 Å². The maximum Gasteiger partial charge on any atom is 0.261 e. The van der Waals surface area contributed by atoms with Crippen molar-refractivity contribution in [2.24, 2.45) is 0 Å². The molecule has 0 atom stereocenters. The number of anilines is 1. The number of nitrogen functional groups attached to an aromatic ring is 1. The Hall–Kier alpha value is -0.758. The summed E-state index contributed by atoms with van der Waals surface area (Å²) in [4.78, 5) is 0. The summed E-state index contributed by atoms with van der Waals surface area (Å²) in [6.45, 7) is 0. The van der Waals surface area contributed by atoms with Gasteiger partial charge >= 0.3 is 0 Å². The first-order valence-electron chi connectivity index (χ1n) is 14.3. The Morgan fingerprint density at radius 3 is 1.50 bits per heavy atom. The van der Waals surface area contributed by atoms with Gasteiger partial charge in [-0.1, -0.05) is 89.5 Å². The summed E-state index contributed by atoms with van der Waals surface area (Å²) in [7, 11) is -3.28. The van der Waals surface area contributed by atoms with Gasteiger partial charge in [-0.05, 0) is 67.3 Å². The van der Waals surface area contributed by atoms with Crippen molar-refractivity contribution in [3.05, 3.63) is 54.6 Å². The minimum Gasteiger partial charge on any atom is -0.406 e. The van der Waals surface area contributed by atoms with Crippen molar-refractivity contribution in [3.8, 4) is 11.1 Å². The molecular weight excluding hydrogens is 604 g/mol. The zero-order valence-corrected chi connectivity index (χ0v) is 26.2. The number of hydrogen-bond donors (Lipinski definition) is 2. The van der Waals surface area contributed by atoms with E-state index in [1.54, 1.807) is 77.0 Å². The van der Waals surface area contributed by atoms with Crippen molar-refractivity contribution in [3.63, 3.8) is 0 Å². The van der Waals surface area contributed by atoms with Crippen LogP contribution in [0.3, 0.4) is 0 Å². The van der Waals surface area contributed by atoms with Crippen LogP contribution in [0.4, 0.5) is 5.69 Å². The van der Waals surface area contributed by atoms with Crippen LogP contribution in [0.2, 0.25) is 0 Å². The minimum atomic E-state index is -3.67. The zero-order chi connectivity index (χ0) is 26.5. The van der Waals surface area contributed by atoms with E-state index in [9.17, 15) is 8.42 Å². The third kappa shape index (κ3) is 12.2. The minimum absolute atomic E-state index is 0. The van der Waals surface area contributed by atoms with Crippen LogP contribution < -0.4 is 5.73 Å². The van der Waals surface area contributed by atoms with Gasteiger partial charge in [0.05, 0.1) is 6.26 Å². The van der Waals surface area contributed by atoms with Gasteiger partial charge in [0.25, 0.3) is 10.1 Å². The molecule has 38 heavy (non-hydrogen) atoms. The van der Waals surface area contributed by atoms with Gasteiger partial charge in [-0.2, -0.15) is 8.42 Å². The zero-order valence-electron chi connectivity index (χ0n) is 23.0. The van der Waals surface area contributed by atoms with Crippen LogP contribution in [0.1, 0.15) is 96.3 Å². The Balaban J connectivity index is 0.000000232. The van der Waals surface area contributed by atoms with Crippen LogP contribution >= 0.6 is 7.92 Å². The Labute approximate surface area is 247 Å². The molecule has 0 aliphatic heterocycles. The molecule has 7 heteroatoms. The van der Waals surface area contributed by atoms with Gasteiger partial charge in [0.2, 0.25) is 0 Å². The average Bonchev–Trinajstić information content (AvgIpc) is 2.91. The summed E-state index contributed by atoms with van der Waals surface area (Å²) in [6, 6.07) is 18.8. The van der Waals surface area contributed by atoms with E-state index < -0.39 is 10.1 Å². The van der Waals surface area contributed by atoms with Crippen molar-refractivity contribution in [2.45, 2.75) is 113 Å². The van der Waals surface area contributed by atoms with Crippen LogP contribution in [0.5, 0.6) is 0 Å². The molecule has 0 amide bonds. The van der Waals surface area contributed by atoms with E-state index >= 15 is 0 Å². The summed E-state index contributed by atoms with van der Waals surface area (Å²) in [6.07, 6.45) is 24.3. The Kier molecular flexibility index (Phi) is 15.7. The number of benzene rings is 2. The van der Waals surface area contributed by atoms with Crippen molar-refractivity contribution < 1.29 is 33.4 Å². The van der Waals surface area contributed by atoms with Crippen LogP contribution in [-0.2, 0) is 30.5 Å². The maximum absolute atomic E-state index is 9.19. The smallest absolute Gasteiger partial charge is 0.261 e. The predicted octanol–water partition coefficient (Wildman–Crippen LogP) is 8.70. The molecule has 3 aliphatic carbocycles. The fourth-order valence-electron chi connectivity index (χ4n) is 6.34. The Morgan fingerprint density at radius 2 is 1.13 bits per heavy atom. The molecule has 0 radical (unpaired) electrons. The molecule has 216 valence electrons. The van der Waals surface area contributed by atoms with E-state index in [1.165, 1.54) is 36.2 Å². The third-order valence-corrected chi connectivity index (χ3v) is 12.0. The van der Waals surface area contributed by atoms with E-state index in [4.69, 9.17) is 10.3 Å². The van der Waals surface area contributed by atoms with Crippen molar-refractivity contribution in [1.29, 1.82) is 0 Å². The summed E-state index contributed by atoms with van der Waals surface area (Å²) in [5.74, 6) is 0. The maximum atomic E-state index is 9.19. The Bertz CT molecular complexity index is 952. The molecule has 3 fully saturated rings. The molecule has 4 nitrogen and oxygen atoms in total. The van der Waals surface area contributed by atoms with E-state index in [0.29, 0.717) is 14.2 Å². The van der Waals surface area contributed by atoms with Crippen molar-refractivity contribution >= 4 is 23.7 Å². The topological polar surface area (TPSA) is 80.4 Å². The molecular formula is C31H47NO3PPdS-. The van der Waals surface area contributed by atoms with Gasteiger partial charge in [-0.25, -0.2) is 0 Å². The molecule has 3 aliphatic rings. The van der Waals surface area contributed by atoms with Crippen LogP contribution in [-0.4, -0.2) is 36.2 Å². The van der Waals surface area contributed by atoms with Gasteiger partial charge in [0.15, 0.2) is 0 Å². The molecule has 3 N–H and O–H groups in total. The summed E-state index contributed by atoms with van der Waals surface area (Å²) in [5, 5.41) is 0. The van der Waals surface area contributed by atoms with Crippen molar-refractivity contribution in [1.82, 2.24) is 0 Å². The van der Waals surface area contributed by atoms with Crippen molar-refractivity contribution in [2.75, 3.05) is 12.0 Å². The fourth-order valence-corrected chi connectivity index (χ4v) is 11.0. The van der Waals surface area contributed by atoms with Gasteiger partial charge < -0.3 is 5.73 Å². The number of hydrogen-bond acceptors (Lipinski definition) is 3. The van der Waals surface area contributed by atoms with Crippen LogP contribution in [0.25, 0.3) is 11.1 Å². The molecule has 0 unspecified atom stereocenters.